The number of hydrogen-bond acceptors (Lipinski definition) is 5. The highest BCUT2D eigenvalue weighted by atomic mass is 15.2. The fourth-order valence-corrected chi connectivity index (χ4v) is 2.00. The average Bonchev–Trinajstić information content (AvgIpc) is 2.50. The molecule has 2 aromatic rings. The van der Waals surface area contributed by atoms with E-state index in [4.69, 9.17) is 5.73 Å². The zero-order valence-corrected chi connectivity index (χ0v) is 12.7. The van der Waals surface area contributed by atoms with E-state index >= 15 is 0 Å². The fourth-order valence-electron chi connectivity index (χ4n) is 2.00. The Labute approximate surface area is 125 Å². The second-order valence-corrected chi connectivity index (χ2v) is 5.01. The van der Waals surface area contributed by atoms with Crippen LogP contribution in [0.3, 0.4) is 0 Å². The minimum atomic E-state index is 0.0169. The lowest BCUT2D eigenvalue weighted by atomic mass is 10.2. The minimum absolute atomic E-state index is 0.0169. The van der Waals surface area contributed by atoms with Crippen molar-refractivity contribution in [1.29, 1.82) is 0 Å². The number of aryl methyl sites for hydroxylation is 1. The summed E-state index contributed by atoms with van der Waals surface area (Å²) in [6.45, 7) is 8.15. The molecule has 3 N–H and O–H groups in total. The largest absolute Gasteiger partial charge is 0.368 e. The number of nitrogens with zero attached hydrogens (tertiary/aromatic N) is 3. The second-order valence-electron chi connectivity index (χ2n) is 5.01. The van der Waals surface area contributed by atoms with Crippen molar-refractivity contribution in [2.75, 3.05) is 23.0 Å². The summed E-state index contributed by atoms with van der Waals surface area (Å²) in [6, 6.07) is 10.1. The Morgan fingerprint density at radius 2 is 2.00 bits per heavy atom. The Morgan fingerprint density at radius 3 is 2.67 bits per heavy atom. The molecule has 1 unspecified atom stereocenters. The van der Waals surface area contributed by atoms with Gasteiger partial charge >= 0.3 is 0 Å². The van der Waals surface area contributed by atoms with E-state index in [1.807, 2.05) is 51.2 Å². The van der Waals surface area contributed by atoms with Gasteiger partial charge in [0.2, 0.25) is 5.95 Å². The van der Waals surface area contributed by atoms with Gasteiger partial charge in [0.15, 0.2) is 0 Å². The van der Waals surface area contributed by atoms with Crippen LogP contribution in [0.25, 0.3) is 0 Å². The number of likely N-dealkylation sites (N-methyl/N-ethyl adjacent to an activating group) is 1. The number of nitrogens with two attached hydrogens (primary N) is 1. The molecule has 0 aliphatic carbocycles. The van der Waals surface area contributed by atoms with Crippen LogP contribution in [0.2, 0.25) is 0 Å². The second kappa shape index (κ2) is 6.26. The summed E-state index contributed by atoms with van der Waals surface area (Å²) >= 11 is 0. The maximum absolute atomic E-state index is 5.64. The van der Waals surface area contributed by atoms with Crippen molar-refractivity contribution in [3.8, 4) is 0 Å². The molecule has 0 bridgehead atoms. The van der Waals surface area contributed by atoms with Gasteiger partial charge in [-0.15, -0.1) is 0 Å². The molecule has 0 saturated heterocycles. The molecular formula is C16H21N5. The lowest BCUT2D eigenvalue weighted by Crippen LogP contribution is -2.29. The number of para-hydroxylation sites is 1. The molecule has 2 rings (SSSR count). The zero-order valence-electron chi connectivity index (χ0n) is 12.7. The number of anilines is 3. The van der Waals surface area contributed by atoms with Gasteiger partial charge in [-0.2, -0.15) is 4.98 Å². The Bertz CT molecular complexity index is 624. The van der Waals surface area contributed by atoms with Crippen LogP contribution >= 0.6 is 0 Å². The van der Waals surface area contributed by atoms with Crippen LogP contribution in [0.5, 0.6) is 0 Å². The highest BCUT2D eigenvalue weighted by molar-refractivity contribution is 5.54. The van der Waals surface area contributed by atoms with E-state index < -0.39 is 0 Å². The number of rotatable bonds is 5. The van der Waals surface area contributed by atoms with Crippen molar-refractivity contribution in [2.45, 2.75) is 19.9 Å². The molecule has 1 aromatic heterocycles. The van der Waals surface area contributed by atoms with Gasteiger partial charge in [0.25, 0.3) is 0 Å². The monoisotopic (exact) mass is 283 g/mol. The molecule has 0 radical (unpaired) electrons. The van der Waals surface area contributed by atoms with Crippen LogP contribution in [0.1, 0.15) is 12.5 Å². The van der Waals surface area contributed by atoms with Crippen molar-refractivity contribution in [2.24, 2.45) is 0 Å². The molecule has 110 valence electrons. The summed E-state index contributed by atoms with van der Waals surface area (Å²) in [6.07, 6.45) is 1.71. The standard InChI is InChI=1S/C16H21N5/c1-11-10-18-16(17)20-15(11)19-12(2)13(3)21(4)14-8-6-5-7-9-14/h5-10,12H,3H2,1-2,4H3,(H3,17,18,19,20). The van der Waals surface area contributed by atoms with Crippen LogP contribution in [0, 0.1) is 6.92 Å². The molecule has 0 amide bonds. The van der Waals surface area contributed by atoms with Gasteiger partial charge in [-0.1, -0.05) is 24.8 Å². The van der Waals surface area contributed by atoms with Crippen LogP contribution in [0.4, 0.5) is 17.5 Å². The first-order valence-corrected chi connectivity index (χ1v) is 6.82. The van der Waals surface area contributed by atoms with Gasteiger partial charge in [-0.25, -0.2) is 4.98 Å². The van der Waals surface area contributed by atoms with E-state index in [-0.39, 0.29) is 12.0 Å². The topological polar surface area (TPSA) is 67.1 Å². The molecule has 21 heavy (non-hydrogen) atoms. The Balaban J connectivity index is 2.11. The maximum Gasteiger partial charge on any atom is 0.221 e. The fraction of sp³-hybridized carbons (Fsp3) is 0.250. The smallest absolute Gasteiger partial charge is 0.221 e. The highest BCUT2D eigenvalue weighted by Gasteiger charge is 2.14. The lowest BCUT2D eigenvalue weighted by Gasteiger charge is -2.27. The first kappa shape index (κ1) is 14.8. The van der Waals surface area contributed by atoms with Crippen molar-refractivity contribution in [3.63, 3.8) is 0 Å². The number of nitrogens with one attached hydrogen (secondary N) is 1. The van der Waals surface area contributed by atoms with Gasteiger partial charge in [0.05, 0.1) is 6.04 Å². The molecule has 1 aromatic carbocycles. The van der Waals surface area contributed by atoms with Gasteiger partial charge in [0, 0.05) is 30.2 Å². The maximum atomic E-state index is 5.64. The summed E-state index contributed by atoms with van der Waals surface area (Å²) in [4.78, 5) is 10.2. The minimum Gasteiger partial charge on any atom is -0.368 e. The zero-order chi connectivity index (χ0) is 15.4. The molecule has 0 aliphatic heterocycles. The Morgan fingerprint density at radius 1 is 1.33 bits per heavy atom. The first-order chi connectivity index (χ1) is 9.99. The predicted octanol–water partition coefficient (Wildman–Crippen LogP) is 2.82. The Kier molecular flexibility index (Phi) is 4.42. The van der Waals surface area contributed by atoms with Crippen LogP contribution in [0.15, 0.2) is 48.8 Å². The molecule has 0 fully saturated rings. The van der Waals surface area contributed by atoms with E-state index in [0.717, 1.165) is 22.8 Å². The molecule has 5 heteroatoms. The molecule has 1 atom stereocenters. The number of hydrogen-bond donors (Lipinski definition) is 2. The number of benzene rings is 1. The average molecular weight is 283 g/mol. The molecule has 1 heterocycles. The number of aromatic nitrogens is 2. The SMILES string of the molecule is C=C(C(C)Nc1nc(N)ncc1C)N(C)c1ccccc1. The highest BCUT2D eigenvalue weighted by Crippen LogP contribution is 2.20. The van der Waals surface area contributed by atoms with E-state index in [9.17, 15) is 0 Å². The summed E-state index contributed by atoms with van der Waals surface area (Å²) in [7, 11) is 2.00. The van der Waals surface area contributed by atoms with Crippen LogP contribution in [-0.2, 0) is 0 Å². The van der Waals surface area contributed by atoms with Crippen molar-refractivity contribution >= 4 is 17.5 Å². The first-order valence-electron chi connectivity index (χ1n) is 6.82. The quantitative estimate of drug-likeness (QED) is 0.883. The van der Waals surface area contributed by atoms with Crippen molar-refractivity contribution in [1.82, 2.24) is 9.97 Å². The Hall–Kier alpha value is -2.56. The number of nitrogen functional groups attached to an aromatic ring is 1. The normalized spacial score (nSPS) is 11.8. The van der Waals surface area contributed by atoms with E-state index in [1.54, 1.807) is 6.20 Å². The summed E-state index contributed by atoms with van der Waals surface area (Å²) in [5.41, 5.74) is 8.62. The molecule has 0 saturated carbocycles. The third-order valence-corrected chi connectivity index (χ3v) is 3.42. The van der Waals surface area contributed by atoms with Gasteiger partial charge < -0.3 is 16.0 Å². The predicted molar refractivity (Wildman–Crippen MR) is 88.3 cm³/mol. The van der Waals surface area contributed by atoms with E-state index in [2.05, 4.69) is 26.8 Å². The van der Waals surface area contributed by atoms with Gasteiger partial charge in [0.1, 0.15) is 5.82 Å². The molecule has 5 nitrogen and oxygen atoms in total. The summed E-state index contributed by atoms with van der Waals surface area (Å²) in [5.74, 6) is 0.995. The van der Waals surface area contributed by atoms with E-state index in [0.29, 0.717) is 0 Å². The summed E-state index contributed by atoms with van der Waals surface area (Å²) in [5, 5.41) is 3.33. The van der Waals surface area contributed by atoms with Crippen molar-refractivity contribution in [3.05, 3.63) is 54.4 Å². The summed E-state index contributed by atoms with van der Waals surface area (Å²) < 4.78 is 0. The van der Waals surface area contributed by atoms with Gasteiger partial charge in [-0.3, -0.25) is 0 Å². The molecule has 0 aliphatic rings. The third kappa shape index (κ3) is 3.51. The lowest BCUT2D eigenvalue weighted by molar-refractivity contribution is 0.860. The van der Waals surface area contributed by atoms with Crippen LogP contribution in [-0.4, -0.2) is 23.1 Å². The molecular weight excluding hydrogens is 262 g/mol. The van der Waals surface area contributed by atoms with E-state index in [1.165, 1.54) is 0 Å². The van der Waals surface area contributed by atoms with Gasteiger partial charge in [-0.05, 0) is 26.0 Å². The van der Waals surface area contributed by atoms with Crippen molar-refractivity contribution < 1.29 is 0 Å². The van der Waals surface area contributed by atoms with Crippen LogP contribution < -0.4 is 16.0 Å². The molecule has 0 spiro atoms. The third-order valence-electron chi connectivity index (χ3n) is 3.42.